The highest BCUT2D eigenvalue weighted by molar-refractivity contribution is 7.10. The highest BCUT2D eigenvalue weighted by atomic mass is 32.1. The lowest BCUT2D eigenvalue weighted by atomic mass is 10.1. The van der Waals surface area contributed by atoms with Crippen molar-refractivity contribution in [3.8, 4) is 11.4 Å². The summed E-state index contributed by atoms with van der Waals surface area (Å²) < 4.78 is 9.55. The number of thiophene rings is 1. The second kappa shape index (κ2) is 7.01. The Bertz CT molecular complexity index is 771. The summed E-state index contributed by atoms with van der Waals surface area (Å²) in [5, 5.41) is 11.3. The second-order valence-corrected chi connectivity index (χ2v) is 6.43. The standard InChI is InChI=1S/C15H16N4O2S2/c1-3-11-10(12(4-2)21-18-11)7-13(20)16-15-17-14(19-23-15)9-5-6-22-8-9/h5-6,8H,3-4,7H2,1-2H3,(H,16,17,19,20). The number of nitrogens with zero attached hydrogens (tertiary/aromatic N) is 3. The number of rotatable bonds is 6. The van der Waals surface area contributed by atoms with Crippen molar-refractivity contribution in [1.29, 1.82) is 0 Å². The fraction of sp³-hybridized carbons (Fsp3) is 0.333. The van der Waals surface area contributed by atoms with E-state index in [1.807, 2.05) is 30.7 Å². The van der Waals surface area contributed by atoms with Gasteiger partial charge in [0.2, 0.25) is 11.0 Å². The number of hydrogen-bond acceptors (Lipinski definition) is 7. The Hall–Kier alpha value is -2.06. The first-order valence-electron chi connectivity index (χ1n) is 7.33. The molecule has 120 valence electrons. The van der Waals surface area contributed by atoms with Gasteiger partial charge in [-0.05, 0) is 17.9 Å². The third-order valence-corrected chi connectivity index (χ3v) is 4.71. The van der Waals surface area contributed by atoms with Crippen molar-refractivity contribution in [2.24, 2.45) is 0 Å². The molecule has 3 rings (SSSR count). The van der Waals surface area contributed by atoms with Crippen LogP contribution in [-0.2, 0) is 24.1 Å². The Balaban J connectivity index is 1.69. The number of aromatic nitrogens is 3. The number of aryl methyl sites for hydroxylation is 2. The summed E-state index contributed by atoms with van der Waals surface area (Å²) in [6.45, 7) is 3.98. The minimum atomic E-state index is -0.134. The van der Waals surface area contributed by atoms with Crippen LogP contribution in [0.25, 0.3) is 11.4 Å². The molecule has 0 radical (unpaired) electrons. The molecule has 0 aliphatic heterocycles. The van der Waals surface area contributed by atoms with Gasteiger partial charge in [0.15, 0.2) is 5.82 Å². The summed E-state index contributed by atoms with van der Waals surface area (Å²) in [6, 6.07) is 1.95. The summed E-state index contributed by atoms with van der Waals surface area (Å²) in [5.41, 5.74) is 2.69. The summed E-state index contributed by atoms with van der Waals surface area (Å²) in [4.78, 5) is 16.6. The highest BCUT2D eigenvalue weighted by Gasteiger charge is 2.18. The average Bonchev–Trinajstić information content (AvgIpc) is 3.27. The monoisotopic (exact) mass is 348 g/mol. The van der Waals surface area contributed by atoms with Crippen LogP contribution < -0.4 is 5.32 Å². The second-order valence-electron chi connectivity index (χ2n) is 4.90. The van der Waals surface area contributed by atoms with Gasteiger partial charge in [0.1, 0.15) is 5.76 Å². The maximum Gasteiger partial charge on any atom is 0.230 e. The SMILES string of the molecule is CCc1noc(CC)c1CC(=O)Nc1nc(-c2ccsc2)ns1. The van der Waals surface area contributed by atoms with E-state index in [9.17, 15) is 4.79 Å². The molecule has 3 heterocycles. The Morgan fingerprint density at radius 1 is 1.35 bits per heavy atom. The van der Waals surface area contributed by atoms with Gasteiger partial charge in [0.25, 0.3) is 0 Å². The van der Waals surface area contributed by atoms with Crippen LogP contribution in [0.15, 0.2) is 21.3 Å². The van der Waals surface area contributed by atoms with E-state index in [1.165, 1.54) is 11.5 Å². The Morgan fingerprint density at radius 2 is 2.22 bits per heavy atom. The number of nitrogens with one attached hydrogen (secondary N) is 1. The molecule has 0 unspecified atom stereocenters. The largest absolute Gasteiger partial charge is 0.361 e. The van der Waals surface area contributed by atoms with E-state index in [2.05, 4.69) is 19.8 Å². The van der Waals surface area contributed by atoms with Crippen molar-refractivity contribution in [2.75, 3.05) is 5.32 Å². The van der Waals surface area contributed by atoms with Crippen LogP contribution in [0.4, 0.5) is 5.13 Å². The molecular formula is C15H16N4O2S2. The lowest BCUT2D eigenvalue weighted by molar-refractivity contribution is -0.115. The van der Waals surface area contributed by atoms with Gasteiger partial charge in [0.05, 0.1) is 12.1 Å². The molecule has 0 saturated carbocycles. The van der Waals surface area contributed by atoms with Crippen molar-refractivity contribution in [1.82, 2.24) is 14.5 Å². The summed E-state index contributed by atoms with van der Waals surface area (Å²) >= 11 is 2.77. The molecule has 6 nitrogen and oxygen atoms in total. The van der Waals surface area contributed by atoms with E-state index in [4.69, 9.17) is 4.52 Å². The normalized spacial score (nSPS) is 10.9. The molecule has 3 aromatic heterocycles. The zero-order valence-corrected chi connectivity index (χ0v) is 14.5. The number of anilines is 1. The van der Waals surface area contributed by atoms with Crippen LogP contribution in [0.1, 0.15) is 30.9 Å². The third-order valence-electron chi connectivity index (χ3n) is 3.40. The van der Waals surface area contributed by atoms with Crippen LogP contribution in [-0.4, -0.2) is 20.4 Å². The van der Waals surface area contributed by atoms with Crippen molar-refractivity contribution in [2.45, 2.75) is 33.1 Å². The van der Waals surface area contributed by atoms with Crippen LogP contribution in [0.5, 0.6) is 0 Å². The van der Waals surface area contributed by atoms with E-state index in [1.54, 1.807) is 11.3 Å². The highest BCUT2D eigenvalue weighted by Crippen LogP contribution is 2.23. The predicted octanol–water partition coefficient (Wildman–Crippen LogP) is 3.56. The van der Waals surface area contributed by atoms with Gasteiger partial charge >= 0.3 is 0 Å². The number of hydrogen-bond donors (Lipinski definition) is 1. The summed E-state index contributed by atoms with van der Waals surface area (Å²) in [6.07, 6.45) is 1.70. The fourth-order valence-corrected chi connectivity index (χ4v) is 3.49. The van der Waals surface area contributed by atoms with Gasteiger partial charge in [0, 0.05) is 34.5 Å². The first-order chi connectivity index (χ1) is 11.2. The summed E-state index contributed by atoms with van der Waals surface area (Å²) in [7, 11) is 0. The Kier molecular flexibility index (Phi) is 4.82. The van der Waals surface area contributed by atoms with Gasteiger partial charge in [-0.2, -0.15) is 20.7 Å². The lowest BCUT2D eigenvalue weighted by Gasteiger charge is -2.02. The van der Waals surface area contributed by atoms with Gasteiger partial charge in [-0.3, -0.25) is 4.79 Å². The van der Waals surface area contributed by atoms with Crippen molar-refractivity contribution < 1.29 is 9.32 Å². The van der Waals surface area contributed by atoms with Crippen molar-refractivity contribution in [3.63, 3.8) is 0 Å². The van der Waals surface area contributed by atoms with Gasteiger partial charge in [-0.15, -0.1) is 0 Å². The quantitative estimate of drug-likeness (QED) is 0.736. The molecule has 0 saturated heterocycles. The molecule has 0 bridgehead atoms. The van der Waals surface area contributed by atoms with E-state index < -0.39 is 0 Å². The molecule has 0 atom stereocenters. The minimum Gasteiger partial charge on any atom is -0.361 e. The molecule has 0 fully saturated rings. The first kappa shape index (κ1) is 15.8. The molecule has 0 spiro atoms. The zero-order chi connectivity index (χ0) is 16.2. The summed E-state index contributed by atoms with van der Waals surface area (Å²) in [5.74, 6) is 1.28. The van der Waals surface area contributed by atoms with Crippen LogP contribution in [0.2, 0.25) is 0 Å². The van der Waals surface area contributed by atoms with E-state index >= 15 is 0 Å². The lowest BCUT2D eigenvalue weighted by Crippen LogP contribution is -2.15. The maximum atomic E-state index is 12.3. The van der Waals surface area contributed by atoms with Gasteiger partial charge in [-0.1, -0.05) is 19.0 Å². The topological polar surface area (TPSA) is 80.9 Å². The van der Waals surface area contributed by atoms with E-state index in [0.29, 0.717) is 11.0 Å². The fourth-order valence-electron chi connectivity index (χ4n) is 2.25. The van der Waals surface area contributed by atoms with Gasteiger partial charge in [-0.25, -0.2) is 0 Å². The Morgan fingerprint density at radius 3 is 2.91 bits per heavy atom. The number of carbonyl (C=O) groups is 1. The van der Waals surface area contributed by atoms with Gasteiger partial charge < -0.3 is 9.84 Å². The maximum absolute atomic E-state index is 12.3. The van der Waals surface area contributed by atoms with Crippen LogP contribution >= 0.6 is 22.9 Å². The van der Waals surface area contributed by atoms with E-state index in [0.717, 1.165) is 35.4 Å². The number of carbonyl (C=O) groups excluding carboxylic acids is 1. The van der Waals surface area contributed by atoms with Crippen LogP contribution in [0, 0.1) is 0 Å². The smallest absolute Gasteiger partial charge is 0.230 e. The van der Waals surface area contributed by atoms with Crippen LogP contribution in [0.3, 0.4) is 0 Å². The number of amides is 1. The molecule has 3 aromatic rings. The van der Waals surface area contributed by atoms with Crippen molar-refractivity contribution >= 4 is 33.9 Å². The molecule has 1 N–H and O–H groups in total. The third kappa shape index (κ3) is 3.48. The predicted molar refractivity (Wildman–Crippen MR) is 90.8 cm³/mol. The molecular weight excluding hydrogens is 332 g/mol. The molecule has 1 amide bonds. The molecule has 8 heteroatoms. The molecule has 0 aliphatic rings. The zero-order valence-electron chi connectivity index (χ0n) is 12.8. The van der Waals surface area contributed by atoms with E-state index in [-0.39, 0.29) is 12.3 Å². The molecule has 0 aliphatic carbocycles. The molecule has 0 aromatic carbocycles. The first-order valence-corrected chi connectivity index (χ1v) is 9.05. The molecule has 23 heavy (non-hydrogen) atoms. The average molecular weight is 348 g/mol. The minimum absolute atomic E-state index is 0.134. The Labute approximate surface area is 141 Å². The van der Waals surface area contributed by atoms with Crippen molar-refractivity contribution in [3.05, 3.63) is 33.8 Å².